The van der Waals surface area contributed by atoms with Crippen molar-refractivity contribution in [3.8, 4) is 0 Å². The summed E-state index contributed by atoms with van der Waals surface area (Å²) in [6, 6.07) is 10.2. The zero-order valence-electron chi connectivity index (χ0n) is 14.9. The number of aromatic nitrogens is 3. The van der Waals surface area contributed by atoms with Gasteiger partial charge in [0.05, 0.1) is 10.4 Å². The van der Waals surface area contributed by atoms with Crippen LogP contribution in [0.25, 0.3) is 10.9 Å². The standard InChI is InChI=1S/C18H19N7O2/c1-12-10-15(22-14-5-3-2-4-13(12)14)23-6-8-24(9-7-23)18-16(25(26)27)17(19)20-11-21-18/h2-5,10-11H,6-9H2,1H3,(H2,19,20,21). The van der Waals surface area contributed by atoms with Crippen LogP contribution in [0.15, 0.2) is 36.7 Å². The van der Waals surface area contributed by atoms with Crippen molar-refractivity contribution in [2.75, 3.05) is 41.7 Å². The normalized spacial score (nSPS) is 14.6. The molecule has 138 valence electrons. The Bertz CT molecular complexity index is 1020. The molecule has 9 heteroatoms. The fraction of sp³-hybridized carbons (Fsp3) is 0.278. The summed E-state index contributed by atoms with van der Waals surface area (Å²) in [7, 11) is 0. The van der Waals surface area contributed by atoms with Gasteiger partial charge in [-0.05, 0) is 24.6 Å². The maximum Gasteiger partial charge on any atom is 0.353 e. The van der Waals surface area contributed by atoms with Crippen LogP contribution in [0, 0.1) is 17.0 Å². The number of para-hydroxylation sites is 1. The summed E-state index contributed by atoms with van der Waals surface area (Å²) in [5, 5.41) is 12.5. The molecule has 0 atom stereocenters. The van der Waals surface area contributed by atoms with E-state index in [1.165, 1.54) is 11.9 Å². The van der Waals surface area contributed by atoms with Gasteiger partial charge in [-0.3, -0.25) is 10.1 Å². The number of nitrogens with zero attached hydrogens (tertiary/aromatic N) is 6. The number of pyridine rings is 1. The molecule has 0 aliphatic carbocycles. The van der Waals surface area contributed by atoms with Crippen LogP contribution in [-0.2, 0) is 0 Å². The second kappa shape index (κ2) is 6.67. The number of nitro groups is 1. The minimum absolute atomic E-state index is 0.112. The highest BCUT2D eigenvalue weighted by Crippen LogP contribution is 2.31. The molecule has 0 saturated carbocycles. The molecule has 0 amide bonds. The number of anilines is 3. The molecule has 4 rings (SSSR count). The molecule has 1 saturated heterocycles. The van der Waals surface area contributed by atoms with E-state index in [1.807, 2.05) is 23.1 Å². The van der Waals surface area contributed by atoms with Crippen LogP contribution in [0.1, 0.15) is 5.56 Å². The van der Waals surface area contributed by atoms with E-state index in [4.69, 9.17) is 10.7 Å². The number of hydrogen-bond acceptors (Lipinski definition) is 8. The van der Waals surface area contributed by atoms with Gasteiger partial charge in [0.15, 0.2) is 0 Å². The van der Waals surface area contributed by atoms with Gasteiger partial charge in [0.2, 0.25) is 11.6 Å². The van der Waals surface area contributed by atoms with Crippen molar-refractivity contribution in [1.82, 2.24) is 15.0 Å². The summed E-state index contributed by atoms with van der Waals surface area (Å²) in [6.45, 7) is 4.63. The second-order valence-corrected chi connectivity index (χ2v) is 6.48. The van der Waals surface area contributed by atoms with Crippen LogP contribution in [0.2, 0.25) is 0 Å². The number of fused-ring (bicyclic) bond motifs is 1. The Hall–Kier alpha value is -3.49. The van der Waals surface area contributed by atoms with Gasteiger partial charge in [0.1, 0.15) is 12.1 Å². The third-order valence-electron chi connectivity index (χ3n) is 4.83. The molecule has 3 heterocycles. The van der Waals surface area contributed by atoms with E-state index in [-0.39, 0.29) is 17.3 Å². The zero-order valence-corrected chi connectivity index (χ0v) is 14.9. The Labute approximate surface area is 155 Å². The Morgan fingerprint density at radius 3 is 2.56 bits per heavy atom. The lowest BCUT2D eigenvalue weighted by Gasteiger charge is -2.36. The first-order chi connectivity index (χ1) is 13.0. The van der Waals surface area contributed by atoms with E-state index in [2.05, 4.69) is 33.9 Å². The predicted octanol–water partition coefficient (Wildman–Crippen LogP) is 2.15. The highest BCUT2D eigenvalue weighted by atomic mass is 16.6. The first-order valence-electron chi connectivity index (χ1n) is 8.66. The van der Waals surface area contributed by atoms with Crippen molar-refractivity contribution in [2.45, 2.75) is 6.92 Å². The summed E-state index contributed by atoms with van der Waals surface area (Å²) in [5.41, 5.74) is 7.59. The lowest BCUT2D eigenvalue weighted by molar-refractivity contribution is -0.383. The molecule has 1 fully saturated rings. The Kier molecular flexibility index (Phi) is 4.19. The fourth-order valence-corrected chi connectivity index (χ4v) is 3.43. The maximum atomic E-state index is 11.3. The molecule has 0 spiro atoms. The van der Waals surface area contributed by atoms with Gasteiger partial charge in [-0.15, -0.1) is 0 Å². The van der Waals surface area contributed by atoms with Gasteiger partial charge >= 0.3 is 5.69 Å². The molecule has 0 unspecified atom stereocenters. The second-order valence-electron chi connectivity index (χ2n) is 6.48. The molecule has 0 radical (unpaired) electrons. The van der Waals surface area contributed by atoms with Crippen LogP contribution in [-0.4, -0.2) is 46.1 Å². The molecule has 27 heavy (non-hydrogen) atoms. The molecular formula is C18H19N7O2. The van der Waals surface area contributed by atoms with Crippen molar-refractivity contribution in [3.05, 3.63) is 52.3 Å². The molecule has 2 aromatic heterocycles. The predicted molar refractivity (Wildman–Crippen MR) is 104 cm³/mol. The average Bonchev–Trinajstić information content (AvgIpc) is 2.67. The molecule has 3 aromatic rings. The summed E-state index contributed by atoms with van der Waals surface area (Å²) in [6.07, 6.45) is 1.26. The molecule has 9 nitrogen and oxygen atoms in total. The molecule has 1 aromatic carbocycles. The smallest absolute Gasteiger partial charge is 0.353 e. The minimum atomic E-state index is -0.523. The van der Waals surface area contributed by atoms with Gasteiger partial charge in [-0.1, -0.05) is 18.2 Å². The Morgan fingerprint density at radius 2 is 1.81 bits per heavy atom. The average molecular weight is 365 g/mol. The third kappa shape index (κ3) is 3.07. The minimum Gasteiger partial charge on any atom is -0.378 e. The summed E-state index contributed by atoms with van der Waals surface area (Å²) in [5.74, 6) is 1.08. The maximum absolute atomic E-state index is 11.3. The highest BCUT2D eigenvalue weighted by molar-refractivity contribution is 5.84. The van der Waals surface area contributed by atoms with Crippen LogP contribution in [0.5, 0.6) is 0 Å². The number of piperazine rings is 1. The fourth-order valence-electron chi connectivity index (χ4n) is 3.43. The van der Waals surface area contributed by atoms with Crippen molar-refractivity contribution in [3.63, 3.8) is 0 Å². The van der Waals surface area contributed by atoms with Crippen molar-refractivity contribution in [1.29, 1.82) is 0 Å². The third-order valence-corrected chi connectivity index (χ3v) is 4.83. The van der Waals surface area contributed by atoms with Crippen LogP contribution in [0.4, 0.5) is 23.1 Å². The monoisotopic (exact) mass is 365 g/mol. The molecule has 2 N–H and O–H groups in total. The van der Waals surface area contributed by atoms with Crippen molar-refractivity contribution < 1.29 is 4.92 Å². The highest BCUT2D eigenvalue weighted by Gasteiger charge is 2.28. The SMILES string of the molecule is Cc1cc(N2CCN(c3ncnc(N)c3[N+](=O)[O-])CC2)nc2ccccc12. The van der Waals surface area contributed by atoms with E-state index < -0.39 is 4.92 Å². The van der Waals surface area contributed by atoms with Gasteiger partial charge in [-0.2, -0.15) is 0 Å². The van der Waals surface area contributed by atoms with Gasteiger partial charge in [-0.25, -0.2) is 15.0 Å². The topological polar surface area (TPSA) is 114 Å². The molecule has 1 aliphatic rings. The zero-order chi connectivity index (χ0) is 19.0. The van der Waals surface area contributed by atoms with Crippen LogP contribution in [0.3, 0.4) is 0 Å². The quantitative estimate of drug-likeness (QED) is 0.555. The van der Waals surface area contributed by atoms with Gasteiger partial charge < -0.3 is 15.5 Å². The van der Waals surface area contributed by atoms with E-state index in [1.54, 1.807) is 0 Å². The Morgan fingerprint density at radius 1 is 1.11 bits per heavy atom. The van der Waals surface area contributed by atoms with Gasteiger partial charge in [0, 0.05) is 31.6 Å². The Balaban J connectivity index is 1.57. The summed E-state index contributed by atoms with van der Waals surface area (Å²) < 4.78 is 0. The molecular weight excluding hydrogens is 346 g/mol. The van der Waals surface area contributed by atoms with Crippen LogP contribution >= 0.6 is 0 Å². The van der Waals surface area contributed by atoms with Crippen molar-refractivity contribution >= 4 is 34.0 Å². The van der Waals surface area contributed by atoms with Crippen LogP contribution < -0.4 is 15.5 Å². The number of hydrogen-bond donors (Lipinski definition) is 1. The van der Waals surface area contributed by atoms with E-state index in [9.17, 15) is 10.1 Å². The lowest BCUT2D eigenvalue weighted by atomic mass is 10.1. The number of benzene rings is 1. The number of rotatable bonds is 3. The molecule has 1 aliphatic heterocycles. The number of nitrogens with two attached hydrogens (primary N) is 1. The largest absolute Gasteiger partial charge is 0.378 e. The molecule has 0 bridgehead atoms. The van der Waals surface area contributed by atoms with E-state index in [0.29, 0.717) is 26.2 Å². The first kappa shape index (κ1) is 17.0. The first-order valence-corrected chi connectivity index (χ1v) is 8.66. The van der Waals surface area contributed by atoms with E-state index in [0.717, 1.165) is 16.7 Å². The van der Waals surface area contributed by atoms with E-state index >= 15 is 0 Å². The summed E-state index contributed by atoms with van der Waals surface area (Å²) in [4.78, 5) is 27.5. The van der Waals surface area contributed by atoms with Gasteiger partial charge in [0.25, 0.3) is 0 Å². The van der Waals surface area contributed by atoms with Crippen molar-refractivity contribution in [2.24, 2.45) is 0 Å². The summed E-state index contributed by atoms with van der Waals surface area (Å²) >= 11 is 0. The number of aryl methyl sites for hydroxylation is 1. The lowest BCUT2D eigenvalue weighted by Crippen LogP contribution is -2.47. The number of nitrogen functional groups attached to an aromatic ring is 1.